The molecule has 0 aliphatic heterocycles. The van der Waals surface area contributed by atoms with E-state index < -0.39 is 35.4 Å². The number of rotatable bonds is 4. The van der Waals surface area contributed by atoms with Gasteiger partial charge < -0.3 is 15.6 Å². The zero-order valence-electron chi connectivity index (χ0n) is 10.2. The Hall–Kier alpha value is -1.24. The van der Waals surface area contributed by atoms with Gasteiger partial charge in [0.05, 0.1) is 6.42 Å². The minimum absolute atomic E-state index is 0.488. The Morgan fingerprint density at radius 1 is 1.24 bits per heavy atom. The van der Waals surface area contributed by atoms with Gasteiger partial charge in [-0.05, 0) is 27.7 Å². The van der Waals surface area contributed by atoms with Gasteiger partial charge in [0.1, 0.15) is 5.60 Å². The average Bonchev–Trinajstić information content (AvgIpc) is 1.96. The highest BCUT2D eigenvalue weighted by molar-refractivity contribution is 6.04. The number of nitrogens with two attached hydrogens (primary N) is 1. The molecule has 0 aromatic carbocycles. The number of aliphatic carboxylic acids is 1. The zero-order valence-corrected chi connectivity index (χ0v) is 10.2. The fourth-order valence-electron chi connectivity index (χ4n) is 1.09. The van der Waals surface area contributed by atoms with Crippen LogP contribution >= 0.6 is 0 Å². The van der Waals surface area contributed by atoms with Crippen LogP contribution in [0.4, 0.5) is 8.78 Å². The molecule has 0 aliphatic carbocycles. The van der Waals surface area contributed by atoms with Crippen molar-refractivity contribution in [2.45, 2.75) is 51.2 Å². The van der Waals surface area contributed by atoms with Crippen LogP contribution in [0, 0.1) is 0 Å². The van der Waals surface area contributed by atoms with Gasteiger partial charge in [0, 0.05) is 0 Å². The highest BCUT2D eigenvalue weighted by Gasteiger charge is 2.50. The highest BCUT2D eigenvalue weighted by atomic mass is 19.3. The fourth-order valence-corrected chi connectivity index (χ4v) is 1.09. The summed E-state index contributed by atoms with van der Waals surface area (Å²) in [6.07, 6.45) is -1.32. The van der Waals surface area contributed by atoms with Crippen LogP contribution in [0.2, 0.25) is 0 Å². The Labute approximate surface area is 97.9 Å². The number of hydrogen-bond donors (Lipinski definition) is 2. The van der Waals surface area contributed by atoms with E-state index in [-0.39, 0.29) is 0 Å². The summed E-state index contributed by atoms with van der Waals surface area (Å²) in [5, 5.41) is 8.80. The smallest absolute Gasteiger partial charge is 0.338 e. The molecule has 1 unspecified atom stereocenters. The summed E-state index contributed by atoms with van der Waals surface area (Å²) >= 11 is 0. The molecule has 0 fully saturated rings. The molecule has 0 spiro atoms. The van der Waals surface area contributed by atoms with Crippen molar-refractivity contribution in [3.05, 3.63) is 0 Å². The quantitative estimate of drug-likeness (QED) is 0.579. The summed E-state index contributed by atoms with van der Waals surface area (Å²) in [6, 6.07) is 0. The molecule has 0 aliphatic rings. The van der Waals surface area contributed by atoms with E-state index in [0.29, 0.717) is 6.92 Å². The molecule has 0 aromatic rings. The molecule has 0 radical (unpaired) electrons. The van der Waals surface area contributed by atoms with Crippen LogP contribution in [-0.4, -0.2) is 34.1 Å². The number of carbonyl (C=O) groups excluding carboxylic acids is 1. The topological polar surface area (TPSA) is 89.6 Å². The molecule has 0 aromatic heterocycles. The first kappa shape index (κ1) is 15.8. The van der Waals surface area contributed by atoms with Crippen molar-refractivity contribution in [3.63, 3.8) is 0 Å². The van der Waals surface area contributed by atoms with Crippen molar-refractivity contribution in [2.24, 2.45) is 5.73 Å². The van der Waals surface area contributed by atoms with Gasteiger partial charge in [0.15, 0.2) is 0 Å². The molecule has 100 valence electrons. The van der Waals surface area contributed by atoms with Crippen LogP contribution in [0.5, 0.6) is 0 Å². The largest absolute Gasteiger partial charge is 0.479 e. The SMILES string of the molecule is CC(F)(F)CC(N)(C(=O)O)C(=O)OC(C)(C)C. The van der Waals surface area contributed by atoms with Crippen molar-refractivity contribution >= 4 is 11.9 Å². The van der Waals surface area contributed by atoms with E-state index in [1.54, 1.807) is 0 Å². The second kappa shape index (κ2) is 4.56. The molecule has 7 heteroatoms. The molecule has 0 amide bonds. The number of carbonyl (C=O) groups is 2. The highest BCUT2D eigenvalue weighted by Crippen LogP contribution is 2.26. The normalized spacial score (nSPS) is 16.2. The first-order chi connectivity index (χ1) is 7.28. The van der Waals surface area contributed by atoms with Crippen LogP contribution in [0.25, 0.3) is 0 Å². The molecular weight excluding hydrogens is 236 g/mol. The number of halogens is 2. The lowest BCUT2D eigenvalue weighted by Crippen LogP contribution is -2.59. The predicted molar refractivity (Wildman–Crippen MR) is 55.6 cm³/mol. The van der Waals surface area contributed by atoms with Crippen LogP contribution in [0.15, 0.2) is 0 Å². The van der Waals surface area contributed by atoms with Gasteiger partial charge in [0.25, 0.3) is 0 Å². The number of alkyl halides is 2. The molecule has 0 saturated heterocycles. The second-order valence-corrected chi connectivity index (χ2v) is 5.03. The maximum atomic E-state index is 12.8. The molecule has 0 saturated carbocycles. The molecular formula is C10H17F2NO4. The molecule has 17 heavy (non-hydrogen) atoms. The van der Waals surface area contributed by atoms with Gasteiger partial charge in [0.2, 0.25) is 11.5 Å². The maximum absolute atomic E-state index is 12.8. The minimum Gasteiger partial charge on any atom is -0.479 e. The summed E-state index contributed by atoms with van der Waals surface area (Å²) in [5.41, 5.74) is 1.48. The molecule has 1 atom stereocenters. The van der Waals surface area contributed by atoms with Gasteiger partial charge in [-0.3, -0.25) is 0 Å². The Bertz CT molecular complexity index is 319. The lowest BCUT2D eigenvalue weighted by molar-refractivity contribution is -0.173. The fraction of sp³-hybridized carbons (Fsp3) is 0.800. The van der Waals surface area contributed by atoms with Crippen molar-refractivity contribution in [1.29, 1.82) is 0 Å². The third-order valence-corrected chi connectivity index (χ3v) is 1.73. The van der Waals surface area contributed by atoms with Gasteiger partial charge in [-0.1, -0.05) is 0 Å². The van der Waals surface area contributed by atoms with Crippen molar-refractivity contribution < 1.29 is 28.2 Å². The number of ether oxygens (including phenoxy) is 1. The molecule has 5 nitrogen and oxygen atoms in total. The summed E-state index contributed by atoms with van der Waals surface area (Å²) in [6.45, 7) is 4.94. The van der Waals surface area contributed by atoms with Crippen LogP contribution < -0.4 is 5.73 Å². The summed E-state index contributed by atoms with van der Waals surface area (Å²) in [7, 11) is 0. The van der Waals surface area contributed by atoms with Crippen LogP contribution in [0.3, 0.4) is 0 Å². The van der Waals surface area contributed by atoms with Gasteiger partial charge in [-0.15, -0.1) is 0 Å². The van der Waals surface area contributed by atoms with E-state index >= 15 is 0 Å². The summed E-state index contributed by atoms with van der Waals surface area (Å²) in [5.74, 6) is -6.60. The third-order valence-electron chi connectivity index (χ3n) is 1.73. The standard InChI is InChI=1S/C10H17F2NO4/c1-8(2,3)17-7(16)10(13,6(14)15)5-9(4,11)12/h5,13H2,1-4H3,(H,14,15). The average molecular weight is 253 g/mol. The Balaban J connectivity index is 5.10. The second-order valence-electron chi connectivity index (χ2n) is 5.03. The monoisotopic (exact) mass is 253 g/mol. The summed E-state index contributed by atoms with van der Waals surface area (Å²) in [4.78, 5) is 22.4. The van der Waals surface area contributed by atoms with Crippen molar-refractivity contribution in [3.8, 4) is 0 Å². The van der Waals surface area contributed by atoms with Crippen molar-refractivity contribution in [1.82, 2.24) is 0 Å². The first-order valence-corrected chi connectivity index (χ1v) is 4.91. The van der Waals surface area contributed by atoms with Crippen LogP contribution in [0.1, 0.15) is 34.1 Å². The van der Waals surface area contributed by atoms with Gasteiger partial charge in [-0.25, -0.2) is 18.4 Å². The van der Waals surface area contributed by atoms with Gasteiger partial charge >= 0.3 is 11.9 Å². The lowest BCUT2D eigenvalue weighted by Gasteiger charge is -2.29. The molecule has 0 heterocycles. The van der Waals surface area contributed by atoms with E-state index in [0.717, 1.165) is 0 Å². The van der Waals surface area contributed by atoms with E-state index in [4.69, 9.17) is 15.6 Å². The Morgan fingerprint density at radius 2 is 1.65 bits per heavy atom. The number of carboxylic acids is 1. The van der Waals surface area contributed by atoms with Crippen LogP contribution in [-0.2, 0) is 14.3 Å². The van der Waals surface area contributed by atoms with E-state index in [2.05, 4.69) is 0 Å². The number of hydrogen-bond acceptors (Lipinski definition) is 4. The molecule has 0 rings (SSSR count). The maximum Gasteiger partial charge on any atom is 0.338 e. The molecule has 3 N–H and O–H groups in total. The number of carboxylic acid groups (broad SMARTS) is 1. The van der Waals surface area contributed by atoms with E-state index in [1.807, 2.05) is 0 Å². The zero-order chi connectivity index (χ0) is 14.1. The Morgan fingerprint density at radius 3 is 1.88 bits per heavy atom. The lowest BCUT2D eigenvalue weighted by atomic mass is 9.93. The minimum atomic E-state index is -3.38. The van der Waals surface area contributed by atoms with Crippen molar-refractivity contribution in [2.75, 3.05) is 0 Å². The predicted octanol–water partition coefficient (Wildman–Crippen LogP) is 1.16. The number of esters is 1. The molecule has 0 bridgehead atoms. The summed E-state index contributed by atoms with van der Waals surface area (Å²) < 4.78 is 30.4. The first-order valence-electron chi connectivity index (χ1n) is 4.91. The van der Waals surface area contributed by atoms with Gasteiger partial charge in [-0.2, -0.15) is 0 Å². The van der Waals surface area contributed by atoms with E-state index in [9.17, 15) is 18.4 Å². The third kappa shape index (κ3) is 5.08. The van der Waals surface area contributed by atoms with E-state index in [1.165, 1.54) is 20.8 Å². The Kier molecular flexibility index (Phi) is 4.23.